The lowest BCUT2D eigenvalue weighted by molar-refractivity contribution is -0.142. The molecule has 3 amide bonds. The van der Waals surface area contributed by atoms with Gasteiger partial charge in [-0.25, -0.2) is 14.8 Å². The summed E-state index contributed by atoms with van der Waals surface area (Å²) in [5, 5.41) is 18.8. The predicted octanol–water partition coefficient (Wildman–Crippen LogP) is 0.554. The number of carboxylic acid groups (broad SMARTS) is 1. The molecule has 14 heteroatoms. The van der Waals surface area contributed by atoms with E-state index in [1.54, 1.807) is 12.4 Å². The minimum Gasteiger partial charge on any atom is -0.480 e. The van der Waals surface area contributed by atoms with Crippen LogP contribution < -0.4 is 21.7 Å². The number of nitrogens with one attached hydrogen (secondary N) is 6. The Hall–Kier alpha value is -4.98. The molecule has 4 rings (SSSR count). The summed E-state index contributed by atoms with van der Waals surface area (Å²) in [5.41, 5.74) is 8.92. The van der Waals surface area contributed by atoms with Crippen LogP contribution in [0, 0.1) is 5.92 Å². The van der Waals surface area contributed by atoms with Gasteiger partial charge in [0.1, 0.15) is 18.1 Å². The summed E-state index contributed by atoms with van der Waals surface area (Å²) in [6.07, 6.45) is 8.24. The van der Waals surface area contributed by atoms with Gasteiger partial charge in [-0.15, -0.1) is 0 Å². The fourth-order valence-corrected chi connectivity index (χ4v) is 4.80. The van der Waals surface area contributed by atoms with Gasteiger partial charge in [0, 0.05) is 60.1 Å². The van der Waals surface area contributed by atoms with E-state index in [9.17, 15) is 24.3 Å². The van der Waals surface area contributed by atoms with Crippen molar-refractivity contribution in [3.8, 4) is 0 Å². The highest BCUT2D eigenvalue weighted by atomic mass is 16.4. The lowest BCUT2D eigenvalue weighted by Crippen LogP contribution is -2.58. The van der Waals surface area contributed by atoms with Crippen LogP contribution in [0.2, 0.25) is 0 Å². The van der Waals surface area contributed by atoms with E-state index in [0.29, 0.717) is 11.4 Å². The largest absolute Gasteiger partial charge is 0.480 e. The number of imidazole rings is 2. The number of aromatic nitrogens is 5. The molecule has 43 heavy (non-hydrogen) atoms. The van der Waals surface area contributed by atoms with E-state index in [4.69, 9.17) is 5.73 Å². The molecular formula is C29H37N9O5. The van der Waals surface area contributed by atoms with E-state index in [1.807, 2.05) is 38.1 Å². The van der Waals surface area contributed by atoms with Crippen molar-refractivity contribution < 1.29 is 24.3 Å². The van der Waals surface area contributed by atoms with E-state index in [2.05, 4.69) is 40.9 Å². The van der Waals surface area contributed by atoms with Crippen molar-refractivity contribution in [3.05, 3.63) is 72.5 Å². The SMILES string of the molecule is CC(C)CC(NC(=O)C(Cc1cnc[nH]1)NC(=O)C(N)Cc1cnc[nH]1)C(=O)NC(Cc1c[nH]c2ccccc12)C(=O)O. The Labute approximate surface area is 247 Å². The quantitative estimate of drug-likeness (QED) is 0.0972. The van der Waals surface area contributed by atoms with Crippen molar-refractivity contribution in [1.82, 2.24) is 40.9 Å². The average Bonchev–Trinajstić information content (AvgIpc) is 3.75. The molecule has 0 radical (unpaired) electrons. The standard InChI is InChI=1S/C29H37N9O5/c1-16(2)7-23(27(40)38-25(29(42)43)8-17-11-33-22-6-4-3-5-20(17)22)37-28(41)24(10-19-13-32-15-35-19)36-26(39)21(30)9-18-12-31-14-34-18/h3-6,11-16,21,23-25,33H,7-10,30H2,1-2H3,(H,31,34)(H,32,35)(H,36,39)(H,37,41)(H,38,40)(H,42,43). The van der Waals surface area contributed by atoms with Crippen LogP contribution in [0.15, 0.2) is 55.5 Å². The molecule has 0 spiro atoms. The van der Waals surface area contributed by atoms with Gasteiger partial charge in [0.05, 0.1) is 18.7 Å². The molecule has 3 heterocycles. The van der Waals surface area contributed by atoms with Gasteiger partial charge < -0.3 is 41.7 Å². The Kier molecular flexibility index (Phi) is 10.3. The maximum Gasteiger partial charge on any atom is 0.326 e. The van der Waals surface area contributed by atoms with Crippen molar-refractivity contribution in [3.63, 3.8) is 0 Å². The first-order chi connectivity index (χ1) is 20.6. The Morgan fingerprint density at radius 1 is 0.814 bits per heavy atom. The summed E-state index contributed by atoms with van der Waals surface area (Å²) in [4.78, 5) is 68.9. The smallest absolute Gasteiger partial charge is 0.326 e. The minimum absolute atomic E-state index is 0.0172. The fourth-order valence-electron chi connectivity index (χ4n) is 4.80. The van der Waals surface area contributed by atoms with Crippen molar-refractivity contribution in [2.45, 2.75) is 63.7 Å². The molecule has 4 atom stereocenters. The number of nitrogens with zero attached hydrogens (tertiary/aromatic N) is 2. The summed E-state index contributed by atoms with van der Waals surface area (Å²) in [6.45, 7) is 3.76. The van der Waals surface area contributed by atoms with Crippen molar-refractivity contribution in [2.75, 3.05) is 0 Å². The molecule has 0 fully saturated rings. The number of rotatable bonds is 15. The number of para-hydroxylation sites is 1. The lowest BCUT2D eigenvalue weighted by Gasteiger charge is -2.26. The van der Waals surface area contributed by atoms with Crippen LogP contribution in [0.25, 0.3) is 10.9 Å². The normalized spacial score (nSPS) is 14.1. The van der Waals surface area contributed by atoms with Gasteiger partial charge in [-0.2, -0.15) is 0 Å². The number of carbonyl (C=O) groups is 4. The fraction of sp³-hybridized carbons (Fsp3) is 0.379. The molecule has 4 unspecified atom stereocenters. The number of fused-ring (bicyclic) bond motifs is 1. The van der Waals surface area contributed by atoms with Gasteiger partial charge in [-0.3, -0.25) is 14.4 Å². The molecule has 228 valence electrons. The van der Waals surface area contributed by atoms with Crippen molar-refractivity contribution in [1.29, 1.82) is 0 Å². The average molecular weight is 592 g/mol. The Morgan fingerprint density at radius 2 is 1.42 bits per heavy atom. The van der Waals surface area contributed by atoms with Crippen LogP contribution in [0.3, 0.4) is 0 Å². The van der Waals surface area contributed by atoms with Crippen LogP contribution in [-0.4, -0.2) is 77.9 Å². The third-order valence-electron chi connectivity index (χ3n) is 7.00. The second-order valence-corrected chi connectivity index (χ2v) is 10.9. The second-order valence-electron chi connectivity index (χ2n) is 10.9. The Bertz CT molecular complexity index is 1510. The first kappa shape index (κ1) is 31.0. The first-order valence-electron chi connectivity index (χ1n) is 14.0. The van der Waals surface area contributed by atoms with E-state index in [1.165, 1.54) is 18.9 Å². The third-order valence-corrected chi connectivity index (χ3v) is 7.00. The molecular weight excluding hydrogens is 554 g/mol. The van der Waals surface area contributed by atoms with Gasteiger partial charge in [-0.1, -0.05) is 32.0 Å². The number of nitrogens with two attached hydrogens (primary N) is 1. The second kappa shape index (κ2) is 14.3. The molecule has 1 aromatic carbocycles. The van der Waals surface area contributed by atoms with Crippen LogP contribution in [0.1, 0.15) is 37.2 Å². The van der Waals surface area contributed by atoms with E-state index in [-0.39, 0.29) is 31.6 Å². The first-order valence-corrected chi connectivity index (χ1v) is 14.0. The highest BCUT2D eigenvalue weighted by Gasteiger charge is 2.31. The van der Waals surface area contributed by atoms with Crippen LogP contribution in [0.4, 0.5) is 0 Å². The van der Waals surface area contributed by atoms with E-state index < -0.39 is 47.9 Å². The number of H-pyrrole nitrogens is 3. The molecule has 0 aliphatic heterocycles. The molecule has 4 aromatic rings. The number of aliphatic carboxylic acids is 1. The third kappa shape index (κ3) is 8.52. The van der Waals surface area contributed by atoms with Crippen molar-refractivity contribution >= 4 is 34.6 Å². The highest BCUT2D eigenvalue weighted by molar-refractivity contribution is 5.94. The maximum atomic E-state index is 13.5. The van der Waals surface area contributed by atoms with Gasteiger partial charge >= 0.3 is 5.97 Å². The highest BCUT2D eigenvalue weighted by Crippen LogP contribution is 2.19. The summed E-state index contributed by atoms with van der Waals surface area (Å²) in [7, 11) is 0. The monoisotopic (exact) mass is 591 g/mol. The summed E-state index contributed by atoms with van der Waals surface area (Å²) in [6, 6.07) is 3.12. The van der Waals surface area contributed by atoms with Crippen LogP contribution >= 0.6 is 0 Å². The maximum absolute atomic E-state index is 13.5. The lowest BCUT2D eigenvalue weighted by atomic mass is 10.0. The molecule has 0 aliphatic carbocycles. The zero-order chi connectivity index (χ0) is 30.9. The molecule has 9 N–H and O–H groups in total. The minimum atomic E-state index is -1.24. The Morgan fingerprint density at radius 3 is 2.05 bits per heavy atom. The van der Waals surface area contributed by atoms with Crippen molar-refractivity contribution in [2.24, 2.45) is 11.7 Å². The topological polar surface area (TPSA) is 224 Å². The predicted molar refractivity (Wildman–Crippen MR) is 157 cm³/mol. The summed E-state index contributed by atoms with van der Waals surface area (Å²) >= 11 is 0. The number of amides is 3. The number of aromatic amines is 3. The molecule has 0 bridgehead atoms. The number of carboxylic acids is 1. The van der Waals surface area contributed by atoms with Crippen LogP contribution in [-0.2, 0) is 38.4 Å². The zero-order valence-electron chi connectivity index (χ0n) is 24.0. The Balaban J connectivity index is 1.47. The number of hydrogen-bond donors (Lipinski definition) is 8. The molecule has 14 nitrogen and oxygen atoms in total. The van der Waals surface area contributed by atoms with Gasteiger partial charge in [0.25, 0.3) is 0 Å². The summed E-state index contributed by atoms with van der Waals surface area (Å²) in [5.74, 6) is -3.05. The van der Waals surface area contributed by atoms with Gasteiger partial charge in [0.2, 0.25) is 17.7 Å². The number of carbonyl (C=O) groups excluding carboxylic acids is 3. The zero-order valence-corrected chi connectivity index (χ0v) is 24.0. The molecule has 3 aromatic heterocycles. The van der Waals surface area contributed by atoms with Crippen LogP contribution in [0.5, 0.6) is 0 Å². The van der Waals surface area contributed by atoms with Gasteiger partial charge in [-0.05, 0) is 24.0 Å². The van der Waals surface area contributed by atoms with Gasteiger partial charge in [0.15, 0.2) is 0 Å². The molecule has 0 aliphatic rings. The molecule has 0 saturated heterocycles. The number of hydrogen-bond acceptors (Lipinski definition) is 7. The molecule has 0 saturated carbocycles. The van der Waals surface area contributed by atoms with E-state index >= 15 is 0 Å². The van der Waals surface area contributed by atoms with E-state index in [0.717, 1.165) is 16.5 Å². The number of benzene rings is 1. The summed E-state index contributed by atoms with van der Waals surface area (Å²) < 4.78 is 0.